The lowest BCUT2D eigenvalue weighted by molar-refractivity contribution is -0.360. The van der Waals surface area contributed by atoms with Crippen LogP contribution in [0.4, 0.5) is 45.6 Å². The van der Waals surface area contributed by atoms with Crippen LogP contribution in [-0.2, 0) is 4.79 Å². The summed E-state index contributed by atoms with van der Waals surface area (Å²) in [5, 5.41) is 4.28. The van der Waals surface area contributed by atoms with Crippen LogP contribution in [0.3, 0.4) is 0 Å². The zero-order chi connectivity index (χ0) is 37.1. The van der Waals surface area contributed by atoms with E-state index in [0.29, 0.717) is 16.8 Å². The monoisotopic (exact) mass is 763 g/mol. The molecular formula is C30H22ClF8N7O4S. The molecule has 21 heteroatoms. The molecule has 3 aromatic carbocycles. The van der Waals surface area contributed by atoms with Crippen LogP contribution in [0.5, 0.6) is 11.5 Å². The summed E-state index contributed by atoms with van der Waals surface area (Å²) in [7, 11) is 0. The van der Waals surface area contributed by atoms with Crippen LogP contribution in [0.1, 0.15) is 18.5 Å². The first-order valence-electron chi connectivity index (χ1n) is 14.3. The molecule has 1 fully saturated rings. The number of hydrazine groups is 1. The number of nitrogens with zero attached hydrogens (tertiary/aromatic N) is 5. The number of urea groups is 1. The second-order valence-corrected chi connectivity index (χ2v) is 11.8. The number of thioether (sulfide) groups is 1. The first-order chi connectivity index (χ1) is 23.9. The summed E-state index contributed by atoms with van der Waals surface area (Å²) in [6.07, 6.45) is -14.6. The predicted octanol–water partition coefficient (Wildman–Crippen LogP) is 7.47. The van der Waals surface area contributed by atoms with Crippen LogP contribution in [0, 0.1) is 0 Å². The normalized spacial score (nSPS) is 15.3. The number of hydrogen-bond acceptors (Lipinski definition) is 8. The first kappa shape index (κ1) is 37.3. The van der Waals surface area contributed by atoms with Gasteiger partial charge in [-0.25, -0.2) is 19.9 Å². The molecule has 1 saturated heterocycles. The topological polar surface area (TPSA) is 123 Å². The maximum Gasteiger partial charge on any atom is 0.499 e. The van der Waals surface area contributed by atoms with E-state index >= 15 is 0 Å². The third kappa shape index (κ3) is 9.24. The summed E-state index contributed by atoms with van der Waals surface area (Å²) in [4.78, 5) is 34.4. The average molecular weight is 764 g/mol. The summed E-state index contributed by atoms with van der Waals surface area (Å²) >= 11 is 6.91. The highest BCUT2D eigenvalue weighted by atomic mass is 35.5. The number of carbonyl (C=O) groups is 2. The zero-order valence-electron chi connectivity index (χ0n) is 25.6. The number of alkyl halides is 8. The van der Waals surface area contributed by atoms with E-state index in [4.69, 9.17) is 16.3 Å². The maximum absolute atomic E-state index is 13.2. The second kappa shape index (κ2) is 14.7. The van der Waals surface area contributed by atoms with Gasteiger partial charge in [-0.1, -0.05) is 47.6 Å². The molecule has 1 aliphatic heterocycles. The Kier molecular flexibility index (Phi) is 10.8. The Labute approximate surface area is 291 Å². The van der Waals surface area contributed by atoms with E-state index in [-0.39, 0.29) is 33.2 Å². The van der Waals surface area contributed by atoms with Gasteiger partial charge in [0.05, 0.1) is 17.1 Å². The molecule has 11 nitrogen and oxygen atoms in total. The second-order valence-electron chi connectivity index (χ2n) is 10.5. The van der Waals surface area contributed by atoms with Crippen LogP contribution in [0.25, 0.3) is 17.1 Å². The minimum atomic E-state index is -5.88. The predicted molar refractivity (Wildman–Crippen MR) is 169 cm³/mol. The molecule has 2 heterocycles. The summed E-state index contributed by atoms with van der Waals surface area (Å²) in [5.74, 6) is -1.45. The Morgan fingerprint density at radius 2 is 1.71 bits per heavy atom. The number of halogens is 9. The van der Waals surface area contributed by atoms with Crippen LogP contribution >= 0.6 is 23.4 Å². The maximum atomic E-state index is 13.2. The minimum absolute atomic E-state index is 0.103. The van der Waals surface area contributed by atoms with Gasteiger partial charge in [-0.15, -0.1) is 5.10 Å². The van der Waals surface area contributed by atoms with Gasteiger partial charge in [0, 0.05) is 16.6 Å². The quantitative estimate of drug-likeness (QED) is 0.126. The van der Waals surface area contributed by atoms with Gasteiger partial charge in [0.1, 0.15) is 17.8 Å². The number of benzene rings is 3. The van der Waals surface area contributed by atoms with Crippen molar-refractivity contribution in [3.63, 3.8) is 0 Å². The molecule has 4 aromatic rings. The fourth-order valence-corrected chi connectivity index (χ4v) is 5.33. The van der Waals surface area contributed by atoms with Crippen molar-refractivity contribution in [1.29, 1.82) is 0 Å². The number of amidine groups is 1. The van der Waals surface area contributed by atoms with Crippen molar-refractivity contribution in [1.82, 2.24) is 25.6 Å². The van der Waals surface area contributed by atoms with Crippen molar-refractivity contribution in [2.75, 3.05) is 17.3 Å². The van der Waals surface area contributed by atoms with E-state index in [9.17, 15) is 44.7 Å². The third-order valence-corrected chi connectivity index (χ3v) is 7.91. The lowest BCUT2D eigenvalue weighted by Gasteiger charge is -2.21. The van der Waals surface area contributed by atoms with Gasteiger partial charge in [-0.3, -0.25) is 15.1 Å². The number of hydrogen-bond donors (Lipinski definition) is 2. The Morgan fingerprint density at radius 1 is 1.02 bits per heavy atom. The lowest BCUT2D eigenvalue weighted by Crippen LogP contribution is -2.41. The molecule has 1 aliphatic rings. The van der Waals surface area contributed by atoms with Gasteiger partial charge in [0.2, 0.25) is 5.91 Å². The van der Waals surface area contributed by atoms with Gasteiger partial charge in [0.25, 0.3) is 0 Å². The van der Waals surface area contributed by atoms with Gasteiger partial charge >= 0.3 is 24.5 Å². The van der Waals surface area contributed by atoms with Crippen molar-refractivity contribution in [2.24, 2.45) is 4.99 Å². The van der Waals surface area contributed by atoms with Crippen molar-refractivity contribution < 1.29 is 54.2 Å². The summed E-state index contributed by atoms with van der Waals surface area (Å²) in [6, 6.07) is 13.3. The Balaban J connectivity index is 1.20. The molecular weight excluding hydrogens is 742 g/mol. The van der Waals surface area contributed by atoms with E-state index in [1.807, 2.05) is 0 Å². The minimum Gasteiger partial charge on any atom is -0.482 e. The Bertz CT molecular complexity index is 1920. The molecule has 51 heavy (non-hydrogen) atoms. The van der Waals surface area contributed by atoms with Gasteiger partial charge < -0.3 is 9.47 Å². The number of rotatable bonds is 10. The number of aromatic nitrogens is 3. The number of amides is 3. The van der Waals surface area contributed by atoms with Gasteiger partial charge in [-0.05, 0) is 55.0 Å². The molecule has 0 spiro atoms. The number of aliphatic imine (C=N–C) groups is 1. The van der Waals surface area contributed by atoms with Crippen LogP contribution in [-0.4, -0.2) is 62.7 Å². The molecule has 3 amide bonds. The third-order valence-electron chi connectivity index (χ3n) is 6.75. The number of carbonyl (C=O) groups excluding carboxylic acids is 2. The van der Waals surface area contributed by atoms with E-state index in [2.05, 4.69) is 30.7 Å². The standard InChI is InChI=1S/C30H22ClF8N7O4S/c1-16(42-43-26(48)41-27-46(24(47)13-51-27)22-12-19(31)6-11-23(22)49-14-28(32,33)34)17-2-4-18(5-3-17)25-40-15-45(44-25)20-7-9-21(10-8-20)50-30(38,39)29(35,36)37/h2-12,15-16,42H,13-14H2,1H3,(H,43,48). The number of anilines is 1. The first-order valence-corrected chi connectivity index (χ1v) is 15.6. The molecule has 1 unspecified atom stereocenters. The molecule has 0 aliphatic carbocycles. The molecule has 270 valence electrons. The van der Waals surface area contributed by atoms with E-state index < -0.39 is 48.8 Å². The number of nitrogens with one attached hydrogen (secondary N) is 2. The molecule has 1 aromatic heterocycles. The molecule has 0 bridgehead atoms. The van der Waals surface area contributed by atoms with Crippen molar-refractivity contribution in [3.8, 4) is 28.6 Å². The van der Waals surface area contributed by atoms with Crippen LogP contribution in [0.15, 0.2) is 78.0 Å². The highest BCUT2D eigenvalue weighted by Gasteiger charge is 2.61. The average Bonchev–Trinajstić information content (AvgIpc) is 3.69. The molecule has 1 atom stereocenters. The van der Waals surface area contributed by atoms with Crippen molar-refractivity contribution >= 4 is 46.2 Å². The Morgan fingerprint density at radius 3 is 2.35 bits per heavy atom. The van der Waals surface area contributed by atoms with Crippen molar-refractivity contribution in [2.45, 2.75) is 31.4 Å². The number of ether oxygens (including phenoxy) is 2. The SMILES string of the molecule is CC(NNC(=O)N=C1SCC(=O)N1c1cc(Cl)ccc1OCC(F)(F)F)c1ccc(-c2ncn(-c3ccc(OC(F)(F)C(F)(F)F)cc3)n2)cc1. The fourth-order valence-electron chi connectivity index (χ4n) is 4.31. The largest absolute Gasteiger partial charge is 0.499 e. The van der Waals surface area contributed by atoms with E-state index in [1.54, 1.807) is 31.2 Å². The molecule has 0 radical (unpaired) electrons. The van der Waals surface area contributed by atoms with Gasteiger partial charge in [0.15, 0.2) is 17.6 Å². The molecule has 5 rings (SSSR count). The summed E-state index contributed by atoms with van der Waals surface area (Å²) < 4.78 is 112. The molecule has 0 saturated carbocycles. The van der Waals surface area contributed by atoms with E-state index in [1.165, 1.54) is 41.3 Å². The highest BCUT2D eigenvalue weighted by Crippen LogP contribution is 2.38. The Hall–Kier alpha value is -4.95. The highest BCUT2D eigenvalue weighted by molar-refractivity contribution is 8.15. The summed E-state index contributed by atoms with van der Waals surface area (Å²) in [6.45, 7) is 0.0907. The van der Waals surface area contributed by atoms with Crippen LogP contribution < -0.4 is 25.2 Å². The van der Waals surface area contributed by atoms with Crippen LogP contribution in [0.2, 0.25) is 5.02 Å². The van der Waals surface area contributed by atoms with Gasteiger partial charge in [-0.2, -0.15) is 40.1 Å². The lowest BCUT2D eigenvalue weighted by atomic mass is 10.1. The van der Waals surface area contributed by atoms with Crippen molar-refractivity contribution in [3.05, 3.63) is 83.6 Å². The smallest absolute Gasteiger partial charge is 0.482 e. The van der Waals surface area contributed by atoms with E-state index in [0.717, 1.165) is 28.8 Å². The summed E-state index contributed by atoms with van der Waals surface area (Å²) in [5.41, 5.74) is 6.59. The zero-order valence-corrected chi connectivity index (χ0v) is 27.2. The molecule has 2 N–H and O–H groups in total. The fraction of sp³-hybridized carbons (Fsp3) is 0.233.